The number of carbonyl (C=O) groups is 1. The number of β-amino-alcohol motifs (C(OH)–C–C–N with tert-alkyl or cyclic N) is 1. The first kappa shape index (κ1) is 21.7. The van der Waals surface area contributed by atoms with Gasteiger partial charge >= 0.3 is 0 Å². The fraction of sp³-hybridized carbons (Fsp3) is 0.667. The van der Waals surface area contributed by atoms with Crippen molar-refractivity contribution < 1.29 is 14.6 Å². The van der Waals surface area contributed by atoms with E-state index in [9.17, 15) is 9.90 Å². The molecule has 1 aromatic carbocycles. The van der Waals surface area contributed by atoms with Crippen molar-refractivity contribution in [2.75, 3.05) is 46.9 Å². The van der Waals surface area contributed by atoms with Gasteiger partial charge in [-0.25, -0.2) is 0 Å². The minimum Gasteiger partial charge on any atom is -0.491 e. The van der Waals surface area contributed by atoms with Crippen LogP contribution in [0.25, 0.3) is 0 Å². The molecule has 27 heavy (non-hydrogen) atoms. The maximum Gasteiger partial charge on any atom is 0.221 e. The summed E-state index contributed by atoms with van der Waals surface area (Å²) in [7, 11) is 3.66. The topological polar surface area (TPSA) is 65.0 Å². The van der Waals surface area contributed by atoms with E-state index in [4.69, 9.17) is 4.74 Å². The average Bonchev–Trinajstić information content (AvgIpc) is 2.93. The Labute approximate surface area is 163 Å². The summed E-state index contributed by atoms with van der Waals surface area (Å²) in [5.74, 6) is 0.833. The smallest absolute Gasteiger partial charge is 0.221 e. The van der Waals surface area contributed by atoms with Crippen molar-refractivity contribution in [3.05, 3.63) is 29.8 Å². The molecule has 1 heterocycles. The summed E-state index contributed by atoms with van der Waals surface area (Å²) in [6.07, 6.45) is 5.07. The molecule has 2 rings (SSSR count). The molecule has 1 aliphatic rings. The molecule has 1 aromatic rings. The summed E-state index contributed by atoms with van der Waals surface area (Å²) in [5.41, 5.74) is 1.13. The third-order valence-electron chi connectivity index (χ3n) is 4.96. The number of ether oxygens (including phenoxy) is 1. The number of nitrogens with one attached hydrogen (secondary N) is 1. The number of carbonyl (C=O) groups excluding carboxylic acids is 1. The zero-order valence-corrected chi connectivity index (χ0v) is 16.8. The standard InChI is InChI=1S/C21H35N3O3/c1-22-21(26)10-13-23(2)15-18-8-7-9-20(14-18)27-17-19(25)16-24-11-5-3-4-6-12-24/h7-9,14,19,25H,3-6,10-13,15-17H2,1-2H3,(H,22,26). The first-order valence-corrected chi connectivity index (χ1v) is 10.1. The zero-order chi connectivity index (χ0) is 19.5. The molecular formula is C21H35N3O3. The number of likely N-dealkylation sites (tertiary alicyclic amines) is 1. The van der Waals surface area contributed by atoms with Crippen molar-refractivity contribution >= 4 is 5.91 Å². The van der Waals surface area contributed by atoms with Gasteiger partial charge in [0.2, 0.25) is 5.91 Å². The second-order valence-electron chi connectivity index (χ2n) is 7.49. The van der Waals surface area contributed by atoms with Crippen LogP contribution in [0.4, 0.5) is 0 Å². The van der Waals surface area contributed by atoms with Crippen LogP contribution in [0.15, 0.2) is 24.3 Å². The molecule has 0 aromatic heterocycles. The highest BCUT2D eigenvalue weighted by Crippen LogP contribution is 2.16. The van der Waals surface area contributed by atoms with Crippen molar-refractivity contribution in [1.82, 2.24) is 15.1 Å². The highest BCUT2D eigenvalue weighted by Gasteiger charge is 2.14. The van der Waals surface area contributed by atoms with Gasteiger partial charge in [-0.3, -0.25) is 4.79 Å². The lowest BCUT2D eigenvalue weighted by Crippen LogP contribution is -2.36. The molecule has 0 bridgehead atoms. The number of hydrogen-bond acceptors (Lipinski definition) is 5. The fourth-order valence-electron chi connectivity index (χ4n) is 3.40. The van der Waals surface area contributed by atoms with E-state index in [2.05, 4.69) is 21.2 Å². The maximum absolute atomic E-state index is 11.3. The minimum absolute atomic E-state index is 0.0531. The van der Waals surface area contributed by atoms with E-state index in [-0.39, 0.29) is 5.91 Å². The number of aliphatic hydroxyl groups is 1. The van der Waals surface area contributed by atoms with Gasteiger partial charge in [0.1, 0.15) is 18.5 Å². The normalized spacial score (nSPS) is 16.7. The number of aliphatic hydroxyl groups excluding tert-OH is 1. The highest BCUT2D eigenvalue weighted by molar-refractivity contribution is 5.75. The van der Waals surface area contributed by atoms with E-state index in [1.807, 2.05) is 25.2 Å². The van der Waals surface area contributed by atoms with Crippen LogP contribution in [0.2, 0.25) is 0 Å². The average molecular weight is 378 g/mol. The van der Waals surface area contributed by atoms with E-state index in [0.29, 0.717) is 26.1 Å². The van der Waals surface area contributed by atoms with E-state index < -0.39 is 6.10 Å². The molecular weight excluding hydrogens is 342 g/mol. The van der Waals surface area contributed by atoms with Crippen molar-refractivity contribution in [3.63, 3.8) is 0 Å². The van der Waals surface area contributed by atoms with Crippen molar-refractivity contribution in [2.45, 2.75) is 44.8 Å². The van der Waals surface area contributed by atoms with Gasteiger partial charge < -0.3 is 25.0 Å². The van der Waals surface area contributed by atoms with Crippen LogP contribution < -0.4 is 10.1 Å². The maximum atomic E-state index is 11.3. The Hall–Kier alpha value is -1.63. The second-order valence-corrected chi connectivity index (χ2v) is 7.49. The zero-order valence-electron chi connectivity index (χ0n) is 16.8. The van der Waals surface area contributed by atoms with Crippen molar-refractivity contribution in [3.8, 4) is 5.75 Å². The van der Waals surface area contributed by atoms with E-state index in [1.54, 1.807) is 7.05 Å². The largest absolute Gasteiger partial charge is 0.491 e. The Morgan fingerprint density at radius 2 is 2.04 bits per heavy atom. The molecule has 6 heteroatoms. The van der Waals surface area contributed by atoms with Gasteiger partial charge in [-0.2, -0.15) is 0 Å². The van der Waals surface area contributed by atoms with Gasteiger partial charge in [-0.1, -0.05) is 25.0 Å². The molecule has 1 saturated heterocycles. The molecule has 6 nitrogen and oxygen atoms in total. The Balaban J connectivity index is 1.74. The van der Waals surface area contributed by atoms with Gasteiger partial charge in [0.25, 0.3) is 0 Å². The van der Waals surface area contributed by atoms with Crippen molar-refractivity contribution in [2.24, 2.45) is 0 Å². The summed E-state index contributed by atoms with van der Waals surface area (Å²) in [6.45, 7) is 4.61. The van der Waals surface area contributed by atoms with Crippen LogP contribution in [0, 0.1) is 0 Å². The van der Waals surface area contributed by atoms with Crippen LogP contribution in [0.5, 0.6) is 5.75 Å². The molecule has 1 aliphatic heterocycles. The monoisotopic (exact) mass is 377 g/mol. The predicted molar refractivity (Wildman–Crippen MR) is 108 cm³/mol. The minimum atomic E-state index is -0.470. The number of amides is 1. The third-order valence-corrected chi connectivity index (χ3v) is 4.96. The Bertz CT molecular complexity index is 559. The lowest BCUT2D eigenvalue weighted by atomic mass is 10.2. The molecule has 1 amide bonds. The molecule has 2 N–H and O–H groups in total. The van der Waals surface area contributed by atoms with Crippen LogP contribution in [-0.2, 0) is 11.3 Å². The summed E-state index contributed by atoms with van der Waals surface area (Å²) in [5, 5.41) is 12.9. The molecule has 1 fully saturated rings. The van der Waals surface area contributed by atoms with Gasteiger partial charge in [0, 0.05) is 33.1 Å². The summed E-state index contributed by atoms with van der Waals surface area (Å²) < 4.78 is 5.82. The Morgan fingerprint density at radius 1 is 1.30 bits per heavy atom. The SMILES string of the molecule is CNC(=O)CCN(C)Cc1cccc(OCC(O)CN2CCCCCC2)c1. The lowest BCUT2D eigenvalue weighted by molar-refractivity contribution is -0.120. The van der Waals surface area contributed by atoms with E-state index in [1.165, 1.54) is 25.7 Å². The van der Waals surface area contributed by atoms with Gasteiger partial charge in [0.15, 0.2) is 0 Å². The van der Waals surface area contributed by atoms with Crippen LogP contribution in [-0.4, -0.2) is 73.8 Å². The summed E-state index contributed by atoms with van der Waals surface area (Å²) in [4.78, 5) is 15.8. The number of hydrogen-bond donors (Lipinski definition) is 2. The van der Waals surface area contributed by atoms with Crippen LogP contribution in [0.1, 0.15) is 37.7 Å². The first-order valence-electron chi connectivity index (χ1n) is 10.1. The summed E-state index contributed by atoms with van der Waals surface area (Å²) in [6, 6.07) is 7.96. The number of benzene rings is 1. The molecule has 1 unspecified atom stereocenters. The number of nitrogens with zero attached hydrogens (tertiary/aromatic N) is 2. The van der Waals surface area contributed by atoms with Crippen LogP contribution in [0.3, 0.4) is 0 Å². The molecule has 152 valence electrons. The molecule has 1 atom stereocenters. The molecule has 0 spiro atoms. The van der Waals surface area contributed by atoms with Crippen LogP contribution >= 0.6 is 0 Å². The Morgan fingerprint density at radius 3 is 2.74 bits per heavy atom. The van der Waals surface area contributed by atoms with Gasteiger partial charge in [0.05, 0.1) is 0 Å². The third kappa shape index (κ3) is 8.73. The number of rotatable bonds is 10. The summed E-state index contributed by atoms with van der Waals surface area (Å²) >= 11 is 0. The second kappa shape index (κ2) is 12.0. The van der Waals surface area contributed by atoms with E-state index >= 15 is 0 Å². The molecule has 0 radical (unpaired) electrons. The van der Waals surface area contributed by atoms with Crippen molar-refractivity contribution in [1.29, 1.82) is 0 Å². The van der Waals surface area contributed by atoms with Gasteiger partial charge in [-0.05, 0) is 50.7 Å². The predicted octanol–water partition coefficient (Wildman–Crippen LogP) is 1.87. The quantitative estimate of drug-likeness (QED) is 0.652. The van der Waals surface area contributed by atoms with Gasteiger partial charge in [-0.15, -0.1) is 0 Å². The Kier molecular flexibility index (Phi) is 9.59. The first-order chi connectivity index (χ1) is 13.1. The molecule has 0 saturated carbocycles. The molecule has 0 aliphatic carbocycles. The lowest BCUT2D eigenvalue weighted by Gasteiger charge is -2.23. The fourth-order valence-corrected chi connectivity index (χ4v) is 3.40. The highest BCUT2D eigenvalue weighted by atomic mass is 16.5. The van der Waals surface area contributed by atoms with E-state index in [0.717, 1.165) is 30.9 Å².